The normalized spacial score (nSPS) is 13.7. The number of aromatic nitrogens is 6. The Morgan fingerprint density at radius 1 is 0.142 bits per heavy atom. The molecular formula is C132H81N9. The maximum Gasteiger partial charge on any atom is 0.241 e. The third kappa shape index (κ3) is 10.4. The topological polar surface area (TPSA) is 63.2 Å². The molecule has 0 bridgehead atoms. The molecule has 4 heterocycles. The van der Waals surface area contributed by atoms with Crippen molar-refractivity contribution in [2.24, 2.45) is 0 Å². The van der Waals surface area contributed by atoms with Crippen LogP contribution in [0.2, 0.25) is 0 Å². The summed E-state index contributed by atoms with van der Waals surface area (Å²) in [5.41, 5.74) is 44.1. The molecule has 0 unspecified atom stereocenters. The number of hydrogen-bond acceptors (Lipinski definition) is 6. The Morgan fingerprint density at radius 2 is 0.333 bits per heavy atom. The van der Waals surface area contributed by atoms with Gasteiger partial charge in [0.2, 0.25) is 17.8 Å². The average molecular weight is 1790 g/mol. The number of nitrogens with zero attached hydrogens (tertiary/aromatic N) is 9. The molecule has 3 spiro atoms. The van der Waals surface area contributed by atoms with Crippen LogP contribution < -0.4 is 14.7 Å². The van der Waals surface area contributed by atoms with E-state index in [1.807, 2.05) is 0 Å². The molecule has 9 heteroatoms. The number of hydrogen-bond donors (Lipinski definition) is 0. The van der Waals surface area contributed by atoms with Gasteiger partial charge in [-0.25, -0.2) is 0 Å². The van der Waals surface area contributed by atoms with Crippen molar-refractivity contribution in [3.05, 3.63) is 558 Å². The minimum Gasteiger partial charge on any atom is -0.309 e. The van der Waals surface area contributed by atoms with Crippen LogP contribution in [0.3, 0.4) is 0 Å². The number of para-hydroxylation sites is 6. The minimum atomic E-state index is -0.536. The molecule has 0 N–H and O–H groups in total. The molecule has 0 aliphatic heterocycles. The van der Waals surface area contributed by atoms with E-state index in [9.17, 15) is 0 Å². The van der Waals surface area contributed by atoms with Crippen LogP contribution in [0.5, 0.6) is 0 Å². The molecule has 0 saturated heterocycles. The Kier molecular flexibility index (Phi) is 16.1. The van der Waals surface area contributed by atoms with Crippen molar-refractivity contribution in [3.63, 3.8) is 0 Å². The van der Waals surface area contributed by atoms with Crippen LogP contribution in [-0.4, -0.2) is 28.7 Å². The summed E-state index contributed by atoms with van der Waals surface area (Å²) in [5, 5.41) is 6.55. The van der Waals surface area contributed by atoms with E-state index in [4.69, 9.17) is 15.0 Å². The number of benzene rings is 21. The van der Waals surface area contributed by atoms with E-state index < -0.39 is 16.2 Å². The first-order valence-electron chi connectivity index (χ1n) is 48.7. The van der Waals surface area contributed by atoms with Gasteiger partial charge >= 0.3 is 0 Å². The van der Waals surface area contributed by atoms with Crippen LogP contribution in [0.1, 0.15) is 66.8 Å². The van der Waals surface area contributed by atoms with Crippen molar-refractivity contribution in [2.45, 2.75) is 16.2 Å². The van der Waals surface area contributed by atoms with Crippen molar-refractivity contribution in [1.82, 2.24) is 28.7 Å². The van der Waals surface area contributed by atoms with Gasteiger partial charge in [-0.2, -0.15) is 15.0 Å². The molecule has 31 rings (SSSR count). The molecule has 0 atom stereocenters. The van der Waals surface area contributed by atoms with E-state index >= 15 is 0 Å². The zero-order valence-electron chi connectivity index (χ0n) is 76.3. The summed E-state index contributed by atoms with van der Waals surface area (Å²) in [6.45, 7) is 0. The summed E-state index contributed by atoms with van der Waals surface area (Å²) in [4.78, 5) is 24.8. The quantitative estimate of drug-likeness (QED) is 0.121. The lowest BCUT2D eigenvalue weighted by Gasteiger charge is -2.30. The third-order valence-corrected chi connectivity index (χ3v) is 31.7. The van der Waals surface area contributed by atoms with Gasteiger partial charge < -0.3 is 13.7 Å². The summed E-state index contributed by atoms with van der Waals surface area (Å²) in [5.74, 6) is 1.20. The summed E-state index contributed by atoms with van der Waals surface area (Å²) in [6, 6.07) is 183. The summed E-state index contributed by atoms with van der Waals surface area (Å²) in [7, 11) is 0. The molecule has 0 amide bonds. The molecule has 0 saturated carbocycles. The second kappa shape index (κ2) is 29.2. The summed E-state index contributed by atoms with van der Waals surface area (Å²) >= 11 is 0. The highest BCUT2D eigenvalue weighted by Crippen LogP contribution is 2.68. The molecule has 141 heavy (non-hydrogen) atoms. The van der Waals surface area contributed by atoms with Gasteiger partial charge in [0.15, 0.2) is 0 Å². The first-order chi connectivity index (χ1) is 70.0. The van der Waals surface area contributed by atoms with Crippen molar-refractivity contribution in [2.75, 3.05) is 14.7 Å². The van der Waals surface area contributed by atoms with Crippen molar-refractivity contribution >= 4 is 117 Å². The highest BCUT2D eigenvalue weighted by molar-refractivity contribution is 6.15. The van der Waals surface area contributed by atoms with Crippen LogP contribution in [-0.2, 0) is 16.2 Å². The molecule has 654 valence electrons. The van der Waals surface area contributed by atoms with Gasteiger partial charge in [0.05, 0.1) is 49.3 Å². The van der Waals surface area contributed by atoms with Crippen LogP contribution >= 0.6 is 0 Å². The van der Waals surface area contributed by atoms with Gasteiger partial charge in [-0.05, 0) is 279 Å². The lowest BCUT2D eigenvalue weighted by molar-refractivity contribution is 0.792. The van der Waals surface area contributed by atoms with Crippen molar-refractivity contribution in [3.8, 4) is 83.8 Å². The lowest BCUT2D eigenvalue weighted by Crippen LogP contribution is -2.26. The van der Waals surface area contributed by atoms with E-state index in [0.717, 1.165) is 117 Å². The highest BCUT2D eigenvalue weighted by Gasteiger charge is 2.55. The highest BCUT2D eigenvalue weighted by atomic mass is 15.4. The van der Waals surface area contributed by atoms with Crippen molar-refractivity contribution < 1.29 is 0 Å². The lowest BCUT2D eigenvalue weighted by atomic mass is 9.70. The zero-order chi connectivity index (χ0) is 92.1. The molecule has 6 aliphatic carbocycles. The first-order valence-corrected chi connectivity index (χ1v) is 48.7. The van der Waals surface area contributed by atoms with Crippen molar-refractivity contribution in [1.29, 1.82) is 0 Å². The van der Waals surface area contributed by atoms with Gasteiger partial charge in [0.1, 0.15) is 0 Å². The maximum absolute atomic E-state index is 6.04. The fourth-order valence-electron chi connectivity index (χ4n) is 26.3. The molecule has 0 fully saturated rings. The van der Waals surface area contributed by atoms with Crippen LogP contribution in [0.25, 0.3) is 149 Å². The Balaban J connectivity index is 0.616. The smallest absolute Gasteiger partial charge is 0.241 e. The zero-order valence-corrected chi connectivity index (χ0v) is 76.3. The molecular weight excluding hydrogens is 1710 g/mol. The fraction of sp³-hybridized carbons (Fsp3) is 0.0227. The number of rotatable bonds is 12. The predicted molar refractivity (Wildman–Crippen MR) is 576 cm³/mol. The summed E-state index contributed by atoms with van der Waals surface area (Å²) < 4.78 is 7.43. The van der Waals surface area contributed by atoms with Crippen LogP contribution in [0.4, 0.5) is 52.0 Å². The number of anilines is 9. The van der Waals surface area contributed by atoms with Crippen LogP contribution in [0, 0.1) is 0 Å². The number of fused-ring (bicyclic) bond motifs is 39. The molecule has 9 nitrogen and oxygen atoms in total. The van der Waals surface area contributed by atoms with Gasteiger partial charge in [0, 0.05) is 83.5 Å². The van der Waals surface area contributed by atoms with Gasteiger partial charge in [-0.1, -0.05) is 346 Å². The van der Waals surface area contributed by atoms with E-state index in [2.05, 4.69) is 520 Å². The SMILES string of the molecule is c1ccc(N(c2ccc3c(c2)c2ccccc2n3-c2ccc3c(c2)C2(c4ccccc4-c4ccccc42)c2ccccc2-3)c2nc(N(c3ccccc3)c3ccc4c(c3)c3ccccc3n4-c3ccc4c(c3)C3(c5ccccc5-c5ccccc53)c3ccccc3-4)nc(N(c3ccccc3)c3ccc4c(c3)c3ccccc3n4-c3ccc4c(c3)C3(c5ccccc5-c5ccccc53)c3ccccc3-4)n2)cc1. The Labute approximate surface area is 813 Å². The first kappa shape index (κ1) is 77.7. The second-order valence-corrected chi connectivity index (χ2v) is 38.3. The van der Waals surface area contributed by atoms with E-state index in [-0.39, 0.29) is 0 Å². The molecule has 21 aromatic carbocycles. The van der Waals surface area contributed by atoms with Gasteiger partial charge in [-0.15, -0.1) is 0 Å². The molecule has 4 aromatic heterocycles. The van der Waals surface area contributed by atoms with E-state index in [1.54, 1.807) is 0 Å². The largest absolute Gasteiger partial charge is 0.309 e. The maximum atomic E-state index is 6.04. The average Bonchev–Trinajstić information content (AvgIpc) is 1.51. The fourth-order valence-corrected chi connectivity index (χ4v) is 26.3. The second-order valence-electron chi connectivity index (χ2n) is 38.3. The molecule has 0 radical (unpaired) electrons. The minimum absolute atomic E-state index is 0.398. The Bertz CT molecular complexity index is 8620. The molecule has 6 aliphatic rings. The van der Waals surface area contributed by atoms with E-state index in [1.165, 1.54) is 134 Å². The standard InChI is InChI=1S/C132H81N9/c1-4-34-82(35-5-1)136(85-67-73-124-106(76-85)103-49-19-31-61-121(103)139(124)88-64-70-100-97-46-16-28-58-115(97)130(118(100)79-88)109-52-22-10-40-91(109)92-41-11-23-53-110(92)130)127-133-128(137(83-36-6-2-7-37-83)86-68-74-125-107(77-86)104-50-20-32-62-122(104)140(125)89-65-71-101-98-47-17-29-59-116(98)131(119(101)80-89)111-54-24-12-42-93(111)94-43-13-25-55-112(94)131)135-129(134-127)138(84-38-8-3-9-39-84)87-69-75-126-108(78-87)105-51-21-33-63-123(105)141(126)90-66-72-102-99-48-18-30-60-117(99)132(120(102)81-90)113-56-26-14-44-95(113)96-45-15-27-57-114(96)132/h1-81H. The van der Waals surface area contributed by atoms with E-state index in [0.29, 0.717) is 17.8 Å². The Hall–Kier alpha value is -18.6. The van der Waals surface area contributed by atoms with Crippen LogP contribution in [0.15, 0.2) is 491 Å². The summed E-state index contributed by atoms with van der Waals surface area (Å²) in [6.07, 6.45) is 0. The predicted octanol–water partition coefficient (Wildman–Crippen LogP) is 32.6. The Morgan fingerprint density at radius 3 is 0.567 bits per heavy atom. The molecule has 25 aromatic rings. The van der Waals surface area contributed by atoms with Gasteiger partial charge in [-0.3, -0.25) is 14.7 Å². The third-order valence-electron chi connectivity index (χ3n) is 31.7. The van der Waals surface area contributed by atoms with Gasteiger partial charge in [0.25, 0.3) is 0 Å². The monoisotopic (exact) mass is 1790 g/mol.